The number of halogens is 1. The lowest BCUT2D eigenvalue weighted by Crippen LogP contribution is -2.23. The Bertz CT molecular complexity index is 346. The van der Waals surface area contributed by atoms with Gasteiger partial charge in [0.1, 0.15) is 0 Å². The van der Waals surface area contributed by atoms with Crippen LogP contribution < -0.4 is 11.1 Å². The fraction of sp³-hybridized carbons (Fsp3) is 0.182. The highest BCUT2D eigenvalue weighted by molar-refractivity contribution is 9.10. The van der Waals surface area contributed by atoms with E-state index in [1.807, 2.05) is 24.3 Å². The lowest BCUT2D eigenvalue weighted by molar-refractivity contribution is 0.0958. The number of nitrogens with two attached hydrogens (primary N) is 1. The van der Waals surface area contributed by atoms with Crippen molar-refractivity contribution in [1.82, 2.24) is 5.32 Å². The highest BCUT2D eigenvalue weighted by Gasteiger charge is 2.02. The van der Waals surface area contributed by atoms with Gasteiger partial charge in [-0.1, -0.05) is 28.1 Å². The first-order valence-electron chi connectivity index (χ1n) is 4.63. The number of carbonyl (C=O) groups excluding carboxylic acids is 1. The molecule has 0 saturated heterocycles. The summed E-state index contributed by atoms with van der Waals surface area (Å²) in [5.74, 6) is -0.0795. The molecule has 4 heteroatoms. The van der Waals surface area contributed by atoms with Crippen LogP contribution in [0.3, 0.4) is 0 Å². The molecule has 0 aromatic heterocycles. The number of rotatable bonds is 4. The summed E-state index contributed by atoms with van der Waals surface area (Å²) in [7, 11) is 0. The van der Waals surface area contributed by atoms with Gasteiger partial charge in [0.2, 0.25) is 0 Å². The maximum atomic E-state index is 11.5. The van der Waals surface area contributed by atoms with E-state index < -0.39 is 0 Å². The zero-order chi connectivity index (χ0) is 11.1. The average Bonchev–Trinajstić information content (AvgIpc) is 2.25. The van der Waals surface area contributed by atoms with E-state index in [1.54, 1.807) is 12.1 Å². The van der Waals surface area contributed by atoms with Gasteiger partial charge >= 0.3 is 0 Å². The molecule has 0 fully saturated rings. The van der Waals surface area contributed by atoms with E-state index in [1.165, 1.54) is 0 Å². The molecule has 1 rings (SSSR count). The molecule has 0 saturated carbocycles. The van der Waals surface area contributed by atoms with E-state index in [0.717, 1.165) is 4.47 Å². The van der Waals surface area contributed by atoms with Gasteiger partial charge in [0.15, 0.2) is 0 Å². The van der Waals surface area contributed by atoms with E-state index in [0.29, 0.717) is 18.7 Å². The Kier molecular flexibility index (Phi) is 5.07. The molecule has 1 aromatic rings. The van der Waals surface area contributed by atoms with Crippen LogP contribution in [0.1, 0.15) is 10.4 Å². The molecule has 15 heavy (non-hydrogen) atoms. The van der Waals surface area contributed by atoms with E-state index in [9.17, 15) is 4.79 Å². The number of hydrogen-bond donors (Lipinski definition) is 2. The van der Waals surface area contributed by atoms with Crippen LogP contribution in [0.25, 0.3) is 0 Å². The van der Waals surface area contributed by atoms with Gasteiger partial charge in [0.05, 0.1) is 0 Å². The summed E-state index contributed by atoms with van der Waals surface area (Å²) in [6.45, 7) is 1.00. The zero-order valence-corrected chi connectivity index (χ0v) is 9.83. The van der Waals surface area contributed by atoms with Gasteiger partial charge in [-0.2, -0.15) is 0 Å². The zero-order valence-electron chi connectivity index (χ0n) is 8.24. The van der Waals surface area contributed by atoms with Gasteiger partial charge in [-0.05, 0) is 24.3 Å². The Labute approximate surface area is 97.5 Å². The van der Waals surface area contributed by atoms with Crippen molar-refractivity contribution in [2.75, 3.05) is 13.1 Å². The molecule has 1 aromatic carbocycles. The molecule has 0 unspecified atom stereocenters. The quantitative estimate of drug-likeness (QED) is 0.817. The lowest BCUT2D eigenvalue weighted by atomic mass is 10.2. The van der Waals surface area contributed by atoms with Crippen molar-refractivity contribution in [1.29, 1.82) is 0 Å². The molecular formula is C11H13BrN2O. The van der Waals surface area contributed by atoms with E-state index in [-0.39, 0.29) is 5.91 Å². The van der Waals surface area contributed by atoms with Crippen molar-refractivity contribution in [3.8, 4) is 0 Å². The number of hydrogen-bond acceptors (Lipinski definition) is 2. The summed E-state index contributed by atoms with van der Waals surface area (Å²) in [6, 6.07) is 7.22. The maximum absolute atomic E-state index is 11.5. The largest absolute Gasteiger partial charge is 0.349 e. The molecule has 3 nitrogen and oxygen atoms in total. The van der Waals surface area contributed by atoms with Gasteiger partial charge in [0.25, 0.3) is 5.91 Å². The summed E-state index contributed by atoms with van der Waals surface area (Å²) in [5, 5.41) is 2.76. The van der Waals surface area contributed by atoms with Crippen LogP contribution in [-0.4, -0.2) is 19.0 Å². The average molecular weight is 269 g/mol. The van der Waals surface area contributed by atoms with Gasteiger partial charge < -0.3 is 11.1 Å². The summed E-state index contributed by atoms with van der Waals surface area (Å²) in [5.41, 5.74) is 5.92. The predicted octanol–water partition coefficient (Wildman–Crippen LogP) is 1.69. The van der Waals surface area contributed by atoms with Crippen molar-refractivity contribution in [2.24, 2.45) is 5.73 Å². The van der Waals surface area contributed by atoms with E-state index >= 15 is 0 Å². The van der Waals surface area contributed by atoms with Gasteiger partial charge in [-0.25, -0.2) is 0 Å². The molecular weight excluding hydrogens is 256 g/mol. The molecule has 1 amide bonds. The molecule has 0 atom stereocenters. The first-order chi connectivity index (χ1) is 7.24. The maximum Gasteiger partial charge on any atom is 0.251 e. The van der Waals surface area contributed by atoms with E-state index in [2.05, 4.69) is 21.2 Å². The lowest BCUT2D eigenvalue weighted by Gasteiger charge is -2.01. The minimum absolute atomic E-state index is 0.0795. The van der Waals surface area contributed by atoms with Crippen LogP contribution in [0, 0.1) is 0 Å². The van der Waals surface area contributed by atoms with E-state index in [4.69, 9.17) is 5.73 Å². The summed E-state index contributed by atoms with van der Waals surface area (Å²) in [6.07, 6.45) is 3.64. The molecule has 0 heterocycles. The SMILES string of the molecule is NC/C=C/CNC(=O)c1ccc(Br)cc1. The number of nitrogens with one attached hydrogen (secondary N) is 1. The molecule has 0 aliphatic carbocycles. The van der Waals surface area contributed by atoms with Gasteiger partial charge in [-0.15, -0.1) is 0 Å². The van der Waals surface area contributed by atoms with Crippen LogP contribution >= 0.6 is 15.9 Å². The number of amides is 1. The number of carbonyl (C=O) groups is 1. The van der Waals surface area contributed by atoms with Crippen LogP contribution in [0.4, 0.5) is 0 Å². The highest BCUT2D eigenvalue weighted by atomic mass is 79.9. The molecule has 0 spiro atoms. The monoisotopic (exact) mass is 268 g/mol. The Hall–Kier alpha value is -1.13. The third-order valence-corrected chi connectivity index (χ3v) is 2.32. The standard InChI is InChI=1S/C11H13BrN2O/c12-10-5-3-9(4-6-10)11(15)14-8-2-1-7-13/h1-6H,7-8,13H2,(H,14,15)/b2-1+. The molecule has 0 aliphatic heterocycles. The normalized spacial score (nSPS) is 10.5. The van der Waals surface area contributed by atoms with Crippen LogP contribution in [0.15, 0.2) is 40.9 Å². The second kappa shape index (κ2) is 6.37. The van der Waals surface area contributed by atoms with Crippen LogP contribution in [-0.2, 0) is 0 Å². The third-order valence-electron chi connectivity index (χ3n) is 1.79. The van der Waals surface area contributed by atoms with Crippen molar-refractivity contribution < 1.29 is 4.79 Å². The van der Waals surface area contributed by atoms with Crippen molar-refractivity contribution in [3.05, 3.63) is 46.5 Å². The summed E-state index contributed by atoms with van der Waals surface area (Å²) >= 11 is 3.31. The second-order valence-electron chi connectivity index (χ2n) is 2.92. The summed E-state index contributed by atoms with van der Waals surface area (Å²) in [4.78, 5) is 11.5. The van der Waals surface area contributed by atoms with Crippen molar-refractivity contribution in [3.63, 3.8) is 0 Å². The predicted molar refractivity (Wildman–Crippen MR) is 64.7 cm³/mol. The van der Waals surface area contributed by atoms with Crippen molar-refractivity contribution in [2.45, 2.75) is 0 Å². The first kappa shape index (κ1) is 11.9. The molecule has 0 bridgehead atoms. The number of benzene rings is 1. The van der Waals surface area contributed by atoms with Gasteiger partial charge in [0, 0.05) is 23.1 Å². The van der Waals surface area contributed by atoms with Crippen molar-refractivity contribution >= 4 is 21.8 Å². The third kappa shape index (κ3) is 4.27. The molecule has 0 radical (unpaired) electrons. The molecule has 3 N–H and O–H groups in total. The Balaban J connectivity index is 2.47. The second-order valence-corrected chi connectivity index (χ2v) is 3.84. The smallest absolute Gasteiger partial charge is 0.251 e. The Morgan fingerprint density at radius 2 is 2.00 bits per heavy atom. The minimum atomic E-state index is -0.0795. The summed E-state index contributed by atoms with van der Waals surface area (Å²) < 4.78 is 0.960. The molecule has 0 aliphatic rings. The Morgan fingerprint density at radius 1 is 1.33 bits per heavy atom. The van der Waals surface area contributed by atoms with Crippen LogP contribution in [0.2, 0.25) is 0 Å². The fourth-order valence-electron chi connectivity index (χ4n) is 1.03. The Morgan fingerprint density at radius 3 is 2.60 bits per heavy atom. The first-order valence-corrected chi connectivity index (χ1v) is 5.42. The fourth-order valence-corrected chi connectivity index (χ4v) is 1.30. The minimum Gasteiger partial charge on any atom is -0.349 e. The van der Waals surface area contributed by atoms with Gasteiger partial charge in [-0.3, -0.25) is 4.79 Å². The van der Waals surface area contributed by atoms with Crippen LogP contribution in [0.5, 0.6) is 0 Å². The highest BCUT2D eigenvalue weighted by Crippen LogP contribution is 2.10. The topological polar surface area (TPSA) is 55.1 Å². The molecule has 80 valence electrons.